The third-order valence-electron chi connectivity index (χ3n) is 11.7. The summed E-state index contributed by atoms with van der Waals surface area (Å²) in [6, 6.07) is 73.8. The fourth-order valence-electron chi connectivity index (χ4n) is 9.00. The Morgan fingerprint density at radius 3 is 1.48 bits per heavy atom. The van der Waals surface area contributed by atoms with Crippen LogP contribution in [0.25, 0.3) is 110 Å². The number of rotatable bonds is 5. The van der Waals surface area contributed by atoms with Crippen molar-refractivity contribution >= 4 is 65.3 Å². The van der Waals surface area contributed by atoms with Crippen LogP contribution in [0, 0.1) is 0 Å². The lowest BCUT2D eigenvalue weighted by atomic mass is 10.0. The van der Waals surface area contributed by atoms with Crippen LogP contribution in [0.2, 0.25) is 0 Å². The molecule has 4 nitrogen and oxygen atoms in total. The third kappa shape index (κ3) is 5.02. The van der Waals surface area contributed by atoms with Crippen molar-refractivity contribution in [3.63, 3.8) is 0 Å². The molecule has 58 heavy (non-hydrogen) atoms. The molecule has 0 atom stereocenters. The van der Waals surface area contributed by atoms with E-state index in [-0.39, 0.29) is 0 Å². The molecule has 9 aromatic carbocycles. The van der Waals surface area contributed by atoms with E-state index in [9.17, 15) is 0 Å². The number of nitrogens with zero attached hydrogens (tertiary/aromatic N) is 4. The van der Waals surface area contributed by atoms with Gasteiger partial charge in [-0.1, -0.05) is 152 Å². The molecule has 270 valence electrons. The van der Waals surface area contributed by atoms with E-state index >= 15 is 0 Å². The highest BCUT2D eigenvalue weighted by Crippen LogP contribution is 2.38. The quantitative estimate of drug-likeness (QED) is 0.165. The van der Waals surface area contributed by atoms with Gasteiger partial charge in [-0.15, -0.1) is 0 Å². The van der Waals surface area contributed by atoms with Gasteiger partial charge in [0, 0.05) is 54.8 Å². The summed E-state index contributed by atoms with van der Waals surface area (Å²) < 4.78 is 4.78. The van der Waals surface area contributed by atoms with Crippen molar-refractivity contribution in [2.24, 2.45) is 0 Å². The zero-order valence-corrected chi connectivity index (χ0v) is 31.4. The minimum absolute atomic E-state index is 0.712. The fourth-order valence-corrected chi connectivity index (χ4v) is 9.00. The standard InChI is InChI=1S/C54H34N4/c1-2-12-35(13-3-1)36-22-24-39(25-23-36)54-55-52(46-32-28-37-14-4-5-15-42(37)53(46)56-54)38-26-29-40(30-27-38)57-50-21-11-8-18-45(50)47-34-41(31-33-51(47)57)58-48-19-9-6-16-43(48)44-17-7-10-20-49(44)58/h1-34H. The molecule has 0 aliphatic heterocycles. The van der Waals surface area contributed by atoms with Crippen LogP contribution in [-0.2, 0) is 0 Å². The molecule has 0 N–H and O–H groups in total. The summed E-state index contributed by atoms with van der Waals surface area (Å²) in [5, 5.41) is 8.28. The Labute approximate surface area is 334 Å². The van der Waals surface area contributed by atoms with E-state index in [1.165, 1.54) is 54.7 Å². The number of hydrogen-bond donors (Lipinski definition) is 0. The van der Waals surface area contributed by atoms with E-state index in [0.717, 1.165) is 49.9 Å². The Morgan fingerprint density at radius 2 is 0.793 bits per heavy atom. The molecule has 0 amide bonds. The molecule has 0 fully saturated rings. The summed E-state index contributed by atoms with van der Waals surface area (Å²) in [7, 11) is 0. The smallest absolute Gasteiger partial charge is 0.160 e. The van der Waals surface area contributed by atoms with Crippen LogP contribution in [-0.4, -0.2) is 19.1 Å². The molecule has 3 heterocycles. The van der Waals surface area contributed by atoms with Gasteiger partial charge in [0.25, 0.3) is 0 Å². The second-order valence-electron chi connectivity index (χ2n) is 15.0. The molecule has 0 aliphatic rings. The van der Waals surface area contributed by atoms with Gasteiger partial charge in [-0.05, 0) is 71.1 Å². The highest BCUT2D eigenvalue weighted by atomic mass is 15.0. The Kier molecular flexibility index (Phi) is 7.20. The van der Waals surface area contributed by atoms with Crippen LogP contribution in [0.15, 0.2) is 206 Å². The van der Waals surface area contributed by atoms with E-state index in [2.05, 4.69) is 209 Å². The number of aromatic nitrogens is 4. The zero-order chi connectivity index (χ0) is 38.2. The van der Waals surface area contributed by atoms with Gasteiger partial charge in [0.15, 0.2) is 5.82 Å². The second kappa shape index (κ2) is 12.9. The van der Waals surface area contributed by atoms with Gasteiger partial charge >= 0.3 is 0 Å². The predicted octanol–water partition coefficient (Wildman–Crippen LogP) is 14.0. The maximum Gasteiger partial charge on any atom is 0.160 e. The number of benzene rings is 9. The molecule has 0 aliphatic carbocycles. The molecule has 4 heteroatoms. The molecular formula is C54H34N4. The van der Waals surface area contributed by atoms with Gasteiger partial charge in [-0.3, -0.25) is 0 Å². The number of para-hydroxylation sites is 3. The normalized spacial score (nSPS) is 11.8. The Morgan fingerprint density at radius 1 is 0.293 bits per heavy atom. The summed E-state index contributed by atoms with van der Waals surface area (Å²) >= 11 is 0. The van der Waals surface area contributed by atoms with E-state index < -0.39 is 0 Å². The molecular weight excluding hydrogens is 705 g/mol. The molecule has 3 aromatic heterocycles. The first-order valence-corrected chi connectivity index (χ1v) is 19.7. The van der Waals surface area contributed by atoms with E-state index in [4.69, 9.17) is 9.97 Å². The number of fused-ring (bicyclic) bond motifs is 9. The monoisotopic (exact) mass is 738 g/mol. The lowest BCUT2D eigenvalue weighted by Crippen LogP contribution is -1.98. The average molecular weight is 739 g/mol. The minimum atomic E-state index is 0.712. The molecule has 0 unspecified atom stereocenters. The molecule has 0 bridgehead atoms. The summed E-state index contributed by atoms with van der Waals surface area (Å²) in [5.41, 5.74) is 13.3. The van der Waals surface area contributed by atoms with Crippen LogP contribution in [0.1, 0.15) is 0 Å². The molecule has 0 saturated heterocycles. The second-order valence-corrected chi connectivity index (χ2v) is 15.0. The summed E-state index contributed by atoms with van der Waals surface area (Å²) in [5.74, 6) is 0.712. The van der Waals surface area contributed by atoms with Crippen molar-refractivity contribution in [3.05, 3.63) is 206 Å². The zero-order valence-electron chi connectivity index (χ0n) is 31.4. The average Bonchev–Trinajstić information content (AvgIpc) is 3.81. The van der Waals surface area contributed by atoms with Crippen molar-refractivity contribution < 1.29 is 0 Å². The first-order chi connectivity index (χ1) is 28.8. The Balaban J connectivity index is 0.997. The maximum atomic E-state index is 5.30. The van der Waals surface area contributed by atoms with Crippen molar-refractivity contribution in [2.75, 3.05) is 0 Å². The van der Waals surface area contributed by atoms with Crippen LogP contribution in [0.5, 0.6) is 0 Å². The van der Waals surface area contributed by atoms with Gasteiger partial charge in [0.1, 0.15) is 0 Å². The van der Waals surface area contributed by atoms with E-state index in [1.54, 1.807) is 0 Å². The Hall–Kier alpha value is -7.82. The largest absolute Gasteiger partial charge is 0.309 e. The first-order valence-electron chi connectivity index (χ1n) is 19.7. The van der Waals surface area contributed by atoms with Crippen molar-refractivity contribution in [1.29, 1.82) is 0 Å². The predicted molar refractivity (Wildman–Crippen MR) is 242 cm³/mol. The number of hydrogen-bond acceptors (Lipinski definition) is 2. The van der Waals surface area contributed by atoms with Gasteiger partial charge in [0.05, 0.1) is 33.3 Å². The molecule has 12 aromatic rings. The molecule has 0 radical (unpaired) electrons. The van der Waals surface area contributed by atoms with Gasteiger partial charge in [-0.25, -0.2) is 9.97 Å². The summed E-state index contributed by atoms with van der Waals surface area (Å²) in [6.45, 7) is 0. The summed E-state index contributed by atoms with van der Waals surface area (Å²) in [4.78, 5) is 10.5. The molecule has 12 rings (SSSR count). The van der Waals surface area contributed by atoms with Crippen LogP contribution in [0.3, 0.4) is 0 Å². The Bertz CT molecular complexity index is 3490. The highest BCUT2D eigenvalue weighted by Gasteiger charge is 2.18. The first kappa shape index (κ1) is 32.4. The van der Waals surface area contributed by atoms with Gasteiger partial charge < -0.3 is 9.13 Å². The van der Waals surface area contributed by atoms with Gasteiger partial charge in [-0.2, -0.15) is 0 Å². The van der Waals surface area contributed by atoms with Crippen molar-refractivity contribution in [3.8, 4) is 45.1 Å². The maximum absolute atomic E-state index is 5.30. The minimum Gasteiger partial charge on any atom is -0.309 e. The molecule has 0 spiro atoms. The lowest BCUT2D eigenvalue weighted by Gasteiger charge is -2.13. The van der Waals surface area contributed by atoms with E-state index in [0.29, 0.717) is 5.82 Å². The fraction of sp³-hybridized carbons (Fsp3) is 0. The SMILES string of the molecule is c1ccc(-c2ccc(-c3nc(-c4ccc(-n5c6ccccc6c6cc(-n7c8ccccc8c8ccccc87)ccc65)cc4)c4ccc5ccccc5c4n3)cc2)cc1. The summed E-state index contributed by atoms with van der Waals surface area (Å²) in [6.07, 6.45) is 0. The topological polar surface area (TPSA) is 35.6 Å². The lowest BCUT2D eigenvalue weighted by molar-refractivity contribution is 1.16. The van der Waals surface area contributed by atoms with Crippen molar-refractivity contribution in [2.45, 2.75) is 0 Å². The molecule has 0 saturated carbocycles. The third-order valence-corrected chi connectivity index (χ3v) is 11.7. The van der Waals surface area contributed by atoms with Gasteiger partial charge in [0.2, 0.25) is 0 Å². The van der Waals surface area contributed by atoms with Crippen LogP contribution < -0.4 is 0 Å². The van der Waals surface area contributed by atoms with E-state index in [1.807, 2.05) is 6.07 Å². The van der Waals surface area contributed by atoms with Crippen LogP contribution in [0.4, 0.5) is 0 Å². The van der Waals surface area contributed by atoms with Crippen LogP contribution >= 0.6 is 0 Å². The highest BCUT2D eigenvalue weighted by molar-refractivity contribution is 6.13. The van der Waals surface area contributed by atoms with Crippen molar-refractivity contribution in [1.82, 2.24) is 19.1 Å².